The van der Waals surface area contributed by atoms with Crippen molar-refractivity contribution in [2.45, 2.75) is 13.0 Å². The average Bonchev–Trinajstić information content (AvgIpc) is 2.08. The van der Waals surface area contributed by atoms with E-state index in [1.807, 2.05) is 13.0 Å². The molecule has 1 unspecified atom stereocenters. The molecule has 1 aromatic carbocycles. The lowest BCUT2D eigenvalue weighted by Gasteiger charge is -2.10. The van der Waals surface area contributed by atoms with Gasteiger partial charge in [0, 0.05) is 6.04 Å². The molecule has 0 aromatic heterocycles. The predicted molar refractivity (Wildman–Crippen MR) is 50.0 cm³/mol. The molecule has 0 bridgehead atoms. The third kappa shape index (κ3) is 1.48. The Morgan fingerprint density at radius 2 is 2.25 bits per heavy atom. The highest BCUT2D eigenvalue weighted by Gasteiger charge is 2.06. The van der Waals surface area contributed by atoms with Crippen molar-refractivity contribution >= 4 is 0 Å². The quantitative estimate of drug-likeness (QED) is 0.654. The van der Waals surface area contributed by atoms with E-state index in [2.05, 4.69) is 6.58 Å². The van der Waals surface area contributed by atoms with E-state index in [4.69, 9.17) is 5.73 Å². The van der Waals surface area contributed by atoms with Crippen molar-refractivity contribution in [3.05, 3.63) is 42.0 Å². The summed E-state index contributed by atoms with van der Waals surface area (Å²) in [5.74, 6) is 0.282. The largest absolute Gasteiger partial charge is 0.508 e. The third-order valence-corrected chi connectivity index (χ3v) is 1.96. The molecular formula is C10H13NO. The van der Waals surface area contributed by atoms with E-state index in [-0.39, 0.29) is 11.8 Å². The predicted octanol–water partition coefficient (Wildman–Crippen LogP) is 1.89. The minimum absolute atomic E-state index is 0.197. The van der Waals surface area contributed by atoms with Gasteiger partial charge in [-0.2, -0.15) is 0 Å². The lowest BCUT2D eigenvalue weighted by atomic mass is 10.0. The second kappa shape index (κ2) is 3.41. The molecule has 0 fully saturated rings. The summed E-state index contributed by atoms with van der Waals surface area (Å²) in [5, 5.41) is 9.35. The van der Waals surface area contributed by atoms with Gasteiger partial charge in [-0.1, -0.05) is 18.2 Å². The van der Waals surface area contributed by atoms with Crippen molar-refractivity contribution < 1.29 is 5.11 Å². The molecule has 0 aliphatic carbocycles. The maximum absolute atomic E-state index is 9.35. The Balaban J connectivity index is 3.15. The second-order valence-electron chi connectivity index (χ2n) is 2.75. The molecule has 1 rings (SSSR count). The first-order valence-corrected chi connectivity index (χ1v) is 3.83. The number of hydrogen-bond acceptors (Lipinski definition) is 2. The van der Waals surface area contributed by atoms with Gasteiger partial charge < -0.3 is 10.8 Å². The van der Waals surface area contributed by atoms with Crippen LogP contribution in [-0.4, -0.2) is 5.11 Å². The fourth-order valence-corrected chi connectivity index (χ4v) is 1.13. The van der Waals surface area contributed by atoms with Gasteiger partial charge >= 0.3 is 0 Å². The van der Waals surface area contributed by atoms with Crippen molar-refractivity contribution in [3.8, 4) is 5.75 Å². The van der Waals surface area contributed by atoms with Crippen LogP contribution in [0.1, 0.15) is 17.2 Å². The number of benzene rings is 1. The number of phenols is 1. The van der Waals surface area contributed by atoms with Gasteiger partial charge in [0.05, 0.1) is 0 Å². The molecule has 0 radical (unpaired) electrons. The van der Waals surface area contributed by atoms with Gasteiger partial charge in [-0.05, 0) is 24.1 Å². The second-order valence-corrected chi connectivity index (χ2v) is 2.75. The summed E-state index contributed by atoms with van der Waals surface area (Å²) in [7, 11) is 0. The Kier molecular flexibility index (Phi) is 2.51. The smallest absolute Gasteiger partial charge is 0.118 e. The molecule has 64 valence electrons. The Hall–Kier alpha value is -1.28. The average molecular weight is 163 g/mol. The van der Waals surface area contributed by atoms with Crippen LogP contribution >= 0.6 is 0 Å². The van der Waals surface area contributed by atoms with E-state index in [1.165, 1.54) is 0 Å². The zero-order chi connectivity index (χ0) is 9.14. The van der Waals surface area contributed by atoms with E-state index in [9.17, 15) is 5.11 Å². The Labute approximate surface area is 72.3 Å². The summed E-state index contributed by atoms with van der Waals surface area (Å²) in [6, 6.07) is 5.12. The molecule has 0 saturated heterocycles. The molecule has 1 atom stereocenters. The Morgan fingerprint density at radius 1 is 1.58 bits per heavy atom. The van der Waals surface area contributed by atoms with Gasteiger partial charge in [-0.15, -0.1) is 6.58 Å². The summed E-state index contributed by atoms with van der Waals surface area (Å²) >= 11 is 0. The molecular weight excluding hydrogens is 150 g/mol. The van der Waals surface area contributed by atoms with Crippen LogP contribution in [-0.2, 0) is 0 Å². The van der Waals surface area contributed by atoms with Crippen LogP contribution in [0.5, 0.6) is 5.75 Å². The Morgan fingerprint density at radius 3 is 2.83 bits per heavy atom. The summed E-state index contributed by atoms with van der Waals surface area (Å²) in [4.78, 5) is 0. The number of hydrogen-bond donors (Lipinski definition) is 2. The first-order chi connectivity index (χ1) is 5.66. The van der Waals surface area contributed by atoms with Crippen molar-refractivity contribution in [3.63, 3.8) is 0 Å². The molecule has 3 N–H and O–H groups in total. The zero-order valence-electron chi connectivity index (χ0n) is 7.12. The summed E-state index contributed by atoms with van der Waals surface area (Å²) in [6.07, 6.45) is 1.65. The standard InChI is InChI=1S/C10H13NO/c1-3-9(11)8-5-4-6-10(12)7(8)2/h3-6,9,12H,1,11H2,2H3. The molecule has 1 aromatic rings. The van der Waals surface area contributed by atoms with Gasteiger partial charge in [0.1, 0.15) is 5.75 Å². The molecule has 2 heteroatoms. The summed E-state index contributed by atoms with van der Waals surface area (Å²) < 4.78 is 0. The van der Waals surface area contributed by atoms with E-state index in [1.54, 1.807) is 18.2 Å². The molecule has 0 aliphatic rings. The molecule has 0 saturated carbocycles. The van der Waals surface area contributed by atoms with Crippen LogP contribution in [0.2, 0.25) is 0 Å². The van der Waals surface area contributed by atoms with Crippen LogP contribution in [0, 0.1) is 6.92 Å². The lowest BCUT2D eigenvalue weighted by Crippen LogP contribution is -2.07. The normalized spacial score (nSPS) is 12.5. The van der Waals surface area contributed by atoms with Crippen LogP contribution in [0.15, 0.2) is 30.9 Å². The van der Waals surface area contributed by atoms with Gasteiger partial charge in [-0.25, -0.2) is 0 Å². The topological polar surface area (TPSA) is 46.2 Å². The summed E-state index contributed by atoms with van der Waals surface area (Å²) in [5.41, 5.74) is 7.48. The first kappa shape index (κ1) is 8.81. The fraction of sp³-hybridized carbons (Fsp3) is 0.200. The highest BCUT2D eigenvalue weighted by atomic mass is 16.3. The Bertz CT molecular complexity index is 294. The summed E-state index contributed by atoms with van der Waals surface area (Å²) in [6.45, 7) is 5.44. The molecule has 0 heterocycles. The molecule has 0 amide bonds. The maximum atomic E-state index is 9.35. The van der Waals surface area contributed by atoms with E-state index in [0.717, 1.165) is 11.1 Å². The van der Waals surface area contributed by atoms with Crippen molar-refractivity contribution in [2.75, 3.05) is 0 Å². The van der Waals surface area contributed by atoms with Crippen LogP contribution in [0.3, 0.4) is 0 Å². The highest BCUT2D eigenvalue weighted by Crippen LogP contribution is 2.23. The van der Waals surface area contributed by atoms with Crippen molar-refractivity contribution in [2.24, 2.45) is 5.73 Å². The number of aromatic hydroxyl groups is 1. The van der Waals surface area contributed by atoms with E-state index < -0.39 is 0 Å². The maximum Gasteiger partial charge on any atom is 0.118 e. The molecule has 2 nitrogen and oxygen atoms in total. The fourth-order valence-electron chi connectivity index (χ4n) is 1.13. The van der Waals surface area contributed by atoms with Gasteiger partial charge in [0.25, 0.3) is 0 Å². The molecule has 12 heavy (non-hydrogen) atoms. The first-order valence-electron chi connectivity index (χ1n) is 3.83. The number of phenolic OH excluding ortho intramolecular Hbond substituents is 1. The van der Waals surface area contributed by atoms with Crippen LogP contribution in [0.4, 0.5) is 0 Å². The number of nitrogens with two attached hydrogens (primary N) is 1. The number of rotatable bonds is 2. The minimum Gasteiger partial charge on any atom is -0.508 e. The van der Waals surface area contributed by atoms with Crippen molar-refractivity contribution in [1.82, 2.24) is 0 Å². The van der Waals surface area contributed by atoms with Crippen LogP contribution in [0.25, 0.3) is 0 Å². The monoisotopic (exact) mass is 163 g/mol. The van der Waals surface area contributed by atoms with E-state index in [0.29, 0.717) is 0 Å². The SMILES string of the molecule is C=CC(N)c1cccc(O)c1C. The van der Waals surface area contributed by atoms with Gasteiger partial charge in [0.15, 0.2) is 0 Å². The highest BCUT2D eigenvalue weighted by molar-refractivity contribution is 5.40. The van der Waals surface area contributed by atoms with E-state index >= 15 is 0 Å². The minimum atomic E-state index is -0.197. The lowest BCUT2D eigenvalue weighted by molar-refractivity contribution is 0.469. The van der Waals surface area contributed by atoms with Gasteiger partial charge in [-0.3, -0.25) is 0 Å². The third-order valence-electron chi connectivity index (χ3n) is 1.96. The van der Waals surface area contributed by atoms with Crippen LogP contribution < -0.4 is 5.73 Å². The van der Waals surface area contributed by atoms with Crippen molar-refractivity contribution in [1.29, 1.82) is 0 Å². The zero-order valence-corrected chi connectivity index (χ0v) is 7.12. The molecule has 0 aliphatic heterocycles. The van der Waals surface area contributed by atoms with Gasteiger partial charge in [0.2, 0.25) is 0 Å². The molecule has 0 spiro atoms.